The first-order valence-corrected chi connectivity index (χ1v) is 6.14. The number of amides is 1. The Hall–Kier alpha value is -3.22. The molecule has 0 aliphatic rings. The van der Waals surface area contributed by atoms with E-state index in [9.17, 15) is 4.79 Å². The zero-order valence-corrected chi connectivity index (χ0v) is 10.9. The molecule has 0 spiro atoms. The van der Waals surface area contributed by atoms with Gasteiger partial charge in [0, 0.05) is 11.1 Å². The lowest BCUT2D eigenvalue weighted by Crippen LogP contribution is -2.10. The lowest BCUT2D eigenvalue weighted by atomic mass is 10.1. The number of fused-ring (bicyclic) bond motifs is 1. The number of carbonyl (C=O) groups is 1. The molecule has 7 nitrogen and oxygen atoms in total. The highest BCUT2D eigenvalue weighted by atomic mass is 16.1. The van der Waals surface area contributed by atoms with Gasteiger partial charge in [-0.3, -0.25) is 4.79 Å². The smallest absolute Gasteiger partial charge is 0.248 e. The minimum absolute atomic E-state index is 0.0775. The van der Waals surface area contributed by atoms with Gasteiger partial charge >= 0.3 is 0 Å². The fraction of sp³-hybridized carbons (Fsp3) is 0. The quantitative estimate of drug-likeness (QED) is 0.640. The first kappa shape index (κ1) is 12.8. The lowest BCUT2D eigenvalue weighted by Gasteiger charge is -2.05. The van der Waals surface area contributed by atoms with E-state index in [0.717, 1.165) is 5.56 Å². The van der Waals surface area contributed by atoms with Crippen molar-refractivity contribution < 1.29 is 4.79 Å². The molecular weight excluding hydrogens is 268 g/mol. The Bertz CT molecular complexity index is 844. The second-order valence-electron chi connectivity index (χ2n) is 4.48. The number of hydrogen-bond donors (Lipinski definition) is 3. The number of carbonyl (C=O) groups excluding carboxylic acids is 1. The summed E-state index contributed by atoms with van der Waals surface area (Å²) in [6.45, 7) is 0. The van der Waals surface area contributed by atoms with Crippen molar-refractivity contribution in [3.05, 3.63) is 42.0 Å². The second kappa shape index (κ2) is 4.71. The van der Waals surface area contributed by atoms with Crippen molar-refractivity contribution in [2.45, 2.75) is 0 Å². The van der Waals surface area contributed by atoms with E-state index in [1.54, 1.807) is 36.4 Å². The Morgan fingerprint density at radius 2 is 1.62 bits per heavy atom. The van der Waals surface area contributed by atoms with Gasteiger partial charge in [-0.25, -0.2) is 4.98 Å². The van der Waals surface area contributed by atoms with Crippen molar-refractivity contribution in [2.75, 3.05) is 11.5 Å². The minimum atomic E-state index is -0.471. The monoisotopic (exact) mass is 280 g/mol. The highest BCUT2D eigenvalue weighted by molar-refractivity contribution is 5.93. The van der Waals surface area contributed by atoms with Crippen molar-refractivity contribution in [2.24, 2.45) is 5.73 Å². The van der Waals surface area contributed by atoms with E-state index in [-0.39, 0.29) is 5.95 Å². The van der Waals surface area contributed by atoms with Crippen LogP contribution in [0.3, 0.4) is 0 Å². The highest BCUT2D eigenvalue weighted by Crippen LogP contribution is 2.23. The van der Waals surface area contributed by atoms with Crippen molar-refractivity contribution in [1.29, 1.82) is 0 Å². The molecule has 21 heavy (non-hydrogen) atoms. The molecule has 0 saturated heterocycles. The topological polar surface area (TPSA) is 134 Å². The van der Waals surface area contributed by atoms with Crippen LogP contribution in [0.5, 0.6) is 0 Å². The third-order valence-corrected chi connectivity index (χ3v) is 3.07. The zero-order valence-electron chi connectivity index (χ0n) is 10.9. The molecule has 0 saturated carbocycles. The molecule has 3 rings (SSSR count). The molecule has 0 aliphatic heterocycles. The molecule has 0 fully saturated rings. The predicted octanol–water partition coefficient (Wildman–Crippen LogP) is 0.955. The average molecular weight is 280 g/mol. The summed E-state index contributed by atoms with van der Waals surface area (Å²) in [6.07, 6.45) is 0. The minimum Gasteiger partial charge on any atom is -0.383 e. The fourth-order valence-electron chi connectivity index (χ4n) is 2.02. The fourth-order valence-corrected chi connectivity index (χ4v) is 2.02. The average Bonchev–Trinajstić information content (AvgIpc) is 2.46. The van der Waals surface area contributed by atoms with Crippen LogP contribution >= 0.6 is 0 Å². The highest BCUT2D eigenvalue weighted by Gasteiger charge is 2.08. The normalized spacial score (nSPS) is 10.7. The van der Waals surface area contributed by atoms with Gasteiger partial charge in [-0.2, -0.15) is 9.97 Å². The van der Waals surface area contributed by atoms with Crippen LogP contribution < -0.4 is 17.2 Å². The van der Waals surface area contributed by atoms with E-state index in [4.69, 9.17) is 17.2 Å². The molecule has 1 aromatic carbocycles. The van der Waals surface area contributed by atoms with Crippen LogP contribution in [0.1, 0.15) is 10.4 Å². The predicted molar refractivity (Wildman–Crippen MR) is 80.1 cm³/mol. The number of benzene rings is 1. The molecule has 2 heterocycles. The third kappa shape index (κ3) is 2.32. The SMILES string of the molecule is NC(=O)c1ccc(-c2ccc3c(N)nc(N)nc3n2)cc1. The Morgan fingerprint density at radius 3 is 2.29 bits per heavy atom. The summed E-state index contributed by atoms with van der Waals surface area (Å²) in [4.78, 5) is 23.4. The summed E-state index contributed by atoms with van der Waals surface area (Å²) in [5.74, 6) is -0.101. The van der Waals surface area contributed by atoms with Crippen LogP contribution in [-0.4, -0.2) is 20.9 Å². The molecule has 0 bridgehead atoms. The molecule has 7 heteroatoms. The van der Waals surface area contributed by atoms with E-state index < -0.39 is 5.91 Å². The molecule has 2 aromatic heterocycles. The number of hydrogen-bond acceptors (Lipinski definition) is 6. The molecule has 3 aromatic rings. The van der Waals surface area contributed by atoms with Gasteiger partial charge in [0.1, 0.15) is 5.82 Å². The van der Waals surface area contributed by atoms with Crippen LogP contribution in [0.15, 0.2) is 36.4 Å². The van der Waals surface area contributed by atoms with E-state index in [0.29, 0.717) is 28.1 Å². The molecule has 0 atom stereocenters. The van der Waals surface area contributed by atoms with E-state index in [1.165, 1.54) is 0 Å². The molecule has 1 amide bonds. The summed E-state index contributed by atoms with van der Waals surface area (Å²) in [5, 5.41) is 0.640. The van der Waals surface area contributed by atoms with Gasteiger partial charge in [-0.1, -0.05) is 12.1 Å². The summed E-state index contributed by atoms with van der Waals surface area (Å²) in [5.41, 5.74) is 18.9. The van der Waals surface area contributed by atoms with Gasteiger partial charge in [0.2, 0.25) is 11.9 Å². The lowest BCUT2D eigenvalue weighted by molar-refractivity contribution is 0.100. The molecule has 0 unspecified atom stereocenters. The number of nitrogen functional groups attached to an aromatic ring is 2. The Kier molecular flexibility index (Phi) is 2.87. The maximum Gasteiger partial charge on any atom is 0.248 e. The number of anilines is 2. The summed E-state index contributed by atoms with van der Waals surface area (Å²) < 4.78 is 0. The number of nitrogens with two attached hydrogens (primary N) is 3. The molecular formula is C14H12N6O. The zero-order chi connectivity index (χ0) is 15.0. The van der Waals surface area contributed by atoms with Crippen molar-refractivity contribution in [3.63, 3.8) is 0 Å². The van der Waals surface area contributed by atoms with Gasteiger partial charge in [0.05, 0.1) is 11.1 Å². The number of nitrogens with zero attached hydrogens (tertiary/aromatic N) is 3. The molecule has 104 valence electrons. The van der Waals surface area contributed by atoms with Gasteiger partial charge in [-0.05, 0) is 24.3 Å². The number of aromatic nitrogens is 3. The Balaban J connectivity index is 2.10. The molecule has 6 N–H and O–H groups in total. The van der Waals surface area contributed by atoms with E-state index in [2.05, 4.69) is 15.0 Å². The number of primary amides is 1. The maximum atomic E-state index is 11.1. The van der Waals surface area contributed by atoms with Gasteiger partial charge in [0.25, 0.3) is 0 Å². The number of rotatable bonds is 2. The summed E-state index contributed by atoms with van der Waals surface area (Å²) in [6, 6.07) is 10.4. The van der Waals surface area contributed by atoms with Crippen molar-refractivity contribution >= 4 is 28.7 Å². The first-order chi connectivity index (χ1) is 10.0. The van der Waals surface area contributed by atoms with Gasteiger partial charge < -0.3 is 17.2 Å². The summed E-state index contributed by atoms with van der Waals surface area (Å²) >= 11 is 0. The van der Waals surface area contributed by atoms with Crippen LogP contribution in [0, 0.1) is 0 Å². The largest absolute Gasteiger partial charge is 0.383 e. The molecule has 0 radical (unpaired) electrons. The van der Waals surface area contributed by atoms with Crippen molar-refractivity contribution in [1.82, 2.24) is 15.0 Å². The number of pyridine rings is 1. The van der Waals surface area contributed by atoms with E-state index in [1.807, 2.05) is 0 Å². The van der Waals surface area contributed by atoms with Crippen molar-refractivity contribution in [3.8, 4) is 11.3 Å². The van der Waals surface area contributed by atoms with Crippen LogP contribution in [-0.2, 0) is 0 Å². The van der Waals surface area contributed by atoms with Crippen LogP contribution in [0.25, 0.3) is 22.3 Å². The van der Waals surface area contributed by atoms with Gasteiger partial charge in [-0.15, -0.1) is 0 Å². The Morgan fingerprint density at radius 1 is 0.905 bits per heavy atom. The second-order valence-corrected chi connectivity index (χ2v) is 4.48. The van der Waals surface area contributed by atoms with Gasteiger partial charge in [0.15, 0.2) is 5.65 Å². The van der Waals surface area contributed by atoms with Crippen LogP contribution in [0.2, 0.25) is 0 Å². The third-order valence-electron chi connectivity index (χ3n) is 3.07. The Labute approximate surface area is 119 Å². The first-order valence-electron chi connectivity index (χ1n) is 6.14. The van der Waals surface area contributed by atoms with Crippen LogP contribution in [0.4, 0.5) is 11.8 Å². The maximum absolute atomic E-state index is 11.1. The summed E-state index contributed by atoms with van der Waals surface area (Å²) in [7, 11) is 0. The standard InChI is InChI=1S/C14H12N6O/c15-11-9-5-6-10(18-13(9)20-14(17)19-11)7-1-3-8(4-2-7)12(16)21/h1-6H,(H2,16,21)(H4,15,17,18,19,20). The van der Waals surface area contributed by atoms with E-state index >= 15 is 0 Å². The molecule has 0 aliphatic carbocycles.